The zero-order valence-corrected chi connectivity index (χ0v) is 19.0. The van der Waals surface area contributed by atoms with Crippen LogP contribution in [0.2, 0.25) is 0 Å². The molecular weight excluding hydrogens is 476 g/mol. The number of carbonyl (C=O) groups is 1. The van der Waals surface area contributed by atoms with Gasteiger partial charge in [-0.1, -0.05) is 52.0 Å². The van der Waals surface area contributed by atoms with Gasteiger partial charge in [0.1, 0.15) is 0 Å². The van der Waals surface area contributed by atoms with Gasteiger partial charge in [-0.2, -0.15) is 0 Å². The van der Waals surface area contributed by atoms with Crippen LogP contribution in [0.1, 0.15) is 27.9 Å². The van der Waals surface area contributed by atoms with E-state index in [1.807, 2.05) is 24.3 Å². The second-order valence-electron chi connectivity index (χ2n) is 6.17. The Morgan fingerprint density at radius 3 is 2.58 bits per heavy atom. The molecule has 6 heteroatoms. The molecule has 0 aromatic heterocycles. The van der Waals surface area contributed by atoms with E-state index in [-0.39, 0.29) is 22.8 Å². The summed E-state index contributed by atoms with van der Waals surface area (Å²) in [7, 11) is 0. The van der Waals surface area contributed by atoms with Crippen LogP contribution in [0.25, 0.3) is 0 Å². The summed E-state index contributed by atoms with van der Waals surface area (Å²) in [6, 6.07) is 13.9. The average molecular weight is 498 g/mol. The van der Waals surface area contributed by atoms with Gasteiger partial charge in [0.15, 0.2) is 11.0 Å². The lowest BCUT2D eigenvalue weighted by Crippen LogP contribution is -2.36. The van der Waals surface area contributed by atoms with Crippen LogP contribution in [-0.4, -0.2) is 29.8 Å². The van der Waals surface area contributed by atoms with Gasteiger partial charge in [0.05, 0.1) is 6.54 Å². The Hall–Kier alpha value is -1.11. The number of aryl methyl sites for hydroxylation is 2. The van der Waals surface area contributed by atoms with Crippen LogP contribution < -0.4 is 4.90 Å². The highest BCUT2D eigenvalue weighted by Gasteiger charge is 2.22. The molecule has 3 nitrogen and oxygen atoms in total. The molecule has 1 aliphatic heterocycles. The van der Waals surface area contributed by atoms with Crippen LogP contribution in [0.5, 0.6) is 0 Å². The van der Waals surface area contributed by atoms with E-state index >= 15 is 0 Å². The van der Waals surface area contributed by atoms with Crippen molar-refractivity contribution in [2.24, 2.45) is 4.99 Å². The summed E-state index contributed by atoms with van der Waals surface area (Å²) < 4.78 is 0.975. The van der Waals surface area contributed by atoms with Crippen LogP contribution in [0.3, 0.4) is 0 Å². The number of nitrogens with zero attached hydrogens (tertiary/aromatic N) is 2. The fourth-order valence-electron chi connectivity index (χ4n) is 2.75. The van der Waals surface area contributed by atoms with Crippen molar-refractivity contribution in [3.8, 4) is 0 Å². The number of hydrogen-bond donors (Lipinski definition) is 0. The summed E-state index contributed by atoms with van der Waals surface area (Å²) in [5, 5.41) is 0.949. The first-order valence-electron chi connectivity index (χ1n) is 8.35. The molecule has 1 aliphatic rings. The molecule has 138 valence electrons. The topological polar surface area (TPSA) is 32.7 Å². The van der Waals surface area contributed by atoms with Crippen LogP contribution in [0.4, 0.5) is 5.69 Å². The molecule has 0 atom stereocenters. The fourth-order valence-corrected chi connectivity index (χ4v) is 3.97. The van der Waals surface area contributed by atoms with Gasteiger partial charge in [0.25, 0.3) is 0 Å². The molecule has 0 fully saturated rings. The van der Waals surface area contributed by atoms with E-state index in [2.05, 4.69) is 57.9 Å². The lowest BCUT2D eigenvalue weighted by Gasteiger charge is -2.28. The molecule has 0 saturated heterocycles. The van der Waals surface area contributed by atoms with Crippen molar-refractivity contribution in [3.63, 3.8) is 0 Å². The molecule has 0 saturated carbocycles. The Kier molecular flexibility index (Phi) is 7.92. The van der Waals surface area contributed by atoms with E-state index in [9.17, 15) is 4.79 Å². The van der Waals surface area contributed by atoms with Gasteiger partial charge >= 0.3 is 0 Å². The third-order valence-corrected chi connectivity index (χ3v) is 5.76. The first kappa shape index (κ1) is 21.2. The number of rotatable bonds is 4. The van der Waals surface area contributed by atoms with E-state index < -0.39 is 0 Å². The Morgan fingerprint density at radius 2 is 1.92 bits per heavy atom. The number of aliphatic imine (C=N–C) groups is 1. The Labute approximate surface area is 178 Å². The van der Waals surface area contributed by atoms with Gasteiger partial charge in [0, 0.05) is 28.0 Å². The van der Waals surface area contributed by atoms with E-state index in [0.29, 0.717) is 6.54 Å². The monoisotopic (exact) mass is 496 g/mol. The predicted octanol–water partition coefficient (Wildman–Crippen LogP) is 5.83. The number of ketones is 1. The van der Waals surface area contributed by atoms with Gasteiger partial charge in [-0.3, -0.25) is 9.79 Å². The maximum Gasteiger partial charge on any atom is 0.182 e. The number of thioether (sulfide) groups is 1. The third-order valence-electron chi connectivity index (χ3n) is 4.13. The smallest absolute Gasteiger partial charge is 0.182 e. The van der Waals surface area contributed by atoms with Crippen molar-refractivity contribution in [2.45, 2.75) is 20.3 Å². The largest absolute Gasteiger partial charge is 0.313 e. The molecule has 26 heavy (non-hydrogen) atoms. The zero-order valence-electron chi connectivity index (χ0n) is 14.9. The van der Waals surface area contributed by atoms with Gasteiger partial charge in [-0.25, -0.2) is 0 Å². The van der Waals surface area contributed by atoms with E-state index in [1.54, 1.807) is 11.8 Å². The van der Waals surface area contributed by atoms with Gasteiger partial charge in [0.2, 0.25) is 0 Å². The highest BCUT2D eigenvalue weighted by atomic mass is 79.9. The fraction of sp³-hybridized carbons (Fsp3) is 0.300. The van der Waals surface area contributed by atoms with Crippen molar-refractivity contribution in [1.29, 1.82) is 0 Å². The third kappa shape index (κ3) is 5.21. The SMILES string of the molecule is Br.Cc1ccc(C)c(N(CC(=O)c2ccc(Br)cc2)C2=NCCCS2)c1. The van der Waals surface area contributed by atoms with Crippen LogP contribution >= 0.6 is 44.7 Å². The molecular formula is C20H22Br2N2OS. The summed E-state index contributed by atoms with van der Waals surface area (Å²) >= 11 is 5.15. The number of halogens is 2. The summed E-state index contributed by atoms with van der Waals surface area (Å²) in [4.78, 5) is 19.6. The van der Waals surface area contributed by atoms with E-state index in [0.717, 1.165) is 45.2 Å². The number of amidine groups is 1. The van der Waals surface area contributed by atoms with E-state index in [4.69, 9.17) is 0 Å². The first-order valence-corrected chi connectivity index (χ1v) is 10.1. The molecule has 0 bridgehead atoms. The van der Waals surface area contributed by atoms with Crippen LogP contribution in [-0.2, 0) is 0 Å². The summed E-state index contributed by atoms with van der Waals surface area (Å²) in [6.45, 7) is 5.29. The number of Topliss-reactive ketones (excluding diaryl/α,β-unsaturated/α-hetero) is 1. The predicted molar refractivity (Wildman–Crippen MR) is 121 cm³/mol. The second-order valence-corrected chi connectivity index (χ2v) is 8.15. The normalized spacial score (nSPS) is 13.6. The number of anilines is 1. The highest BCUT2D eigenvalue weighted by Crippen LogP contribution is 2.27. The summed E-state index contributed by atoms with van der Waals surface area (Å²) in [5.41, 5.74) is 4.13. The summed E-state index contributed by atoms with van der Waals surface area (Å²) in [5.74, 6) is 1.15. The van der Waals surface area contributed by atoms with Crippen LogP contribution in [0, 0.1) is 13.8 Å². The second kappa shape index (κ2) is 9.72. The number of hydrogen-bond acceptors (Lipinski definition) is 4. The van der Waals surface area contributed by atoms with Crippen molar-refractivity contribution in [1.82, 2.24) is 0 Å². The van der Waals surface area contributed by atoms with Crippen LogP contribution in [0.15, 0.2) is 51.9 Å². The van der Waals surface area contributed by atoms with Crippen molar-refractivity contribution in [2.75, 3.05) is 23.7 Å². The lowest BCUT2D eigenvalue weighted by molar-refractivity contribution is 0.100. The molecule has 0 spiro atoms. The molecule has 0 radical (unpaired) electrons. The number of benzene rings is 2. The van der Waals surface area contributed by atoms with Gasteiger partial charge in [-0.05, 0) is 49.6 Å². The maximum atomic E-state index is 12.9. The molecule has 0 N–H and O–H groups in total. The van der Waals surface area contributed by atoms with Gasteiger partial charge < -0.3 is 4.90 Å². The molecule has 2 aromatic rings. The minimum absolute atomic E-state index is 0. The van der Waals surface area contributed by atoms with Crippen molar-refractivity contribution < 1.29 is 4.79 Å². The maximum absolute atomic E-state index is 12.9. The molecule has 0 unspecified atom stereocenters. The average Bonchev–Trinajstić information content (AvgIpc) is 2.63. The molecule has 1 heterocycles. The minimum atomic E-state index is 0. The Morgan fingerprint density at radius 1 is 1.19 bits per heavy atom. The quantitative estimate of drug-likeness (QED) is 0.498. The zero-order chi connectivity index (χ0) is 17.8. The molecule has 2 aromatic carbocycles. The van der Waals surface area contributed by atoms with Crippen molar-refractivity contribution in [3.05, 3.63) is 63.6 Å². The minimum Gasteiger partial charge on any atom is -0.313 e. The molecule has 3 rings (SSSR count). The lowest BCUT2D eigenvalue weighted by atomic mass is 10.1. The standard InChI is InChI=1S/C20H21BrN2OS.BrH/c1-14-4-5-15(2)18(12-14)23(20-22-10-3-11-25-20)13-19(24)16-6-8-17(21)9-7-16;/h4-9,12H,3,10-11,13H2,1-2H3;1H. The van der Waals surface area contributed by atoms with Crippen molar-refractivity contribution >= 4 is 61.3 Å². The molecule has 0 aliphatic carbocycles. The molecule has 0 amide bonds. The van der Waals surface area contributed by atoms with E-state index in [1.165, 1.54) is 5.56 Å². The number of carbonyl (C=O) groups excluding carboxylic acids is 1. The first-order chi connectivity index (χ1) is 12.0. The highest BCUT2D eigenvalue weighted by molar-refractivity contribution is 9.10. The Bertz CT molecular complexity index is 806. The Balaban J connectivity index is 0.00000243. The summed E-state index contributed by atoms with van der Waals surface area (Å²) in [6.07, 6.45) is 1.09. The van der Waals surface area contributed by atoms with Gasteiger partial charge in [-0.15, -0.1) is 17.0 Å².